The van der Waals surface area contributed by atoms with Crippen molar-refractivity contribution in [2.75, 3.05) is 0 Å². The van der Waals surface area contributed by atoms with E-state index in [2.05, 4.69) is 4.72 Å². The number of para-hydroxylation sites is 1. The lowest BCUT2D eigenvalue weighted by Crippen LogP contribution is -2.49. The number of nitro groups is 1. The van der Waals surface area contributed by atoms with Crippen molar-refractivity contribution < 1.29 is 13.3 Å². The molecular formula is C12H17N3O4S. The minimum Gasteiger partial charge on any atom is -0.326 e. The SMILES string of the molecule is NC1CCCCC1NS(=O)(=O)c1ccccc1[N+](=O)[O-]. The number of benzene rings is 1. The molecule has 0 saturated heterocycles. The van der Waals surface area contributed by atoms with Crippen molar-refractivity contribution in [2.45, 2.75) is 42.7 Å². The first kappa shape index (κ1) is 14.9. The Morgan fingerprint density at radius 2 is 1.90 bits per heavy atom. The van der Waals surface area contributed by atoms with E-state index in [4.69, 9.17) is 5.73 Å². The third kappa shape index (κ3) is 3.14. The molecule has 1 aromatic rings. The van der Waals surface area contributed by atoms with Gasteiger partial charge in [0.2, 0.25) is 10.0 Å². The number of nitrogens with zero attached hydrogens (tertiary/aromatic N) is 1. The summed E-state index contributed by atoms with van der Waals surface area (Å²) in [6, 6.07) is 4.69. The van der Waals surface area contributed by atoms with Gasteiger partial charge in [0.05, 0.1) is 4.92 Å². The van der Waals surface area contributed by atoms with Crippen molar-refractivity contribution in [3.8, 4) is 0 Å². The van der Waals surface area contributed by atoms with Crippen LogP contribution in [0.4, 0.5) is 5.69 Å². The third-order valence-corrected chi connectivity index (χ3v) is 5.01. The monoisotopic (exact) mass is 299 g/mol. The molecular weight excluding hydrogens is 282 g/mol. The molecule has 1 aliphatic carbocycles. The van der Waals surface area contributed by atoms with Gasteiger partial charge in [0.25, 0.3) is 5.69 Å². The van der Waals surface area contributed by atoms with Gasteiger partial charge in [-0.3, -0.25) is 10.1 Å². The van der Waals surface area contributed by atoms with E-state index in [-0.39, 0.29) is 17.0 Å². The number of nitro benzene ring substituents is 1. The standard InChI is InChI=1S/C12H17N3O4S/c13-9-5-1-2-6-10(9)14-20(18,19)12-8-4-3-7-11(12)15(16)17/h3-4,7-10,14H,1-2,5-6,13H2. The van der Waals surface area contributed by atoms with Crippen LogP contribution in [-0.4, -0.2) is 25.4 Å². The Labute approximate surface area is 117 Å². The lowest BCUT2D eigenvalue weighted by atomic mass is 9.92. The quantitative estimate of drug-likeness (QED) is 0.639. The van der Waals surface area contributed by atoms with E-state index in [9.17, 15) is 18.5 Å². The summed E-state index contributed by atoms with van der Waals surface area (Å²) in [6.07, 6.45) is 3.29. The smallest absolute Gasteiger partial charge is 0.289 e. The molecule has 2 unspecified atom stereocenters. The van der Waals surface area contributed by atoms with Gasteiger partial charge in [0, 0.05) is 18.2 Å². The summed E-state index contributed by atoms with van der Waals surface area (Å²) in [7, 11) is -3.94. The first-order chi connectivity index (χ1) is 9.42. The molecule has 8 heteroatoms. The summed E-state index contributed by atoms with van der Waals surface area (Å²) in [6.45, 7) is 0. The molecule has 0 heterocycles. The van der Waals surface area contributed by atoms with Gasteiger partial charge in [-0.25, -0.2) is 13.1 Å². The third-order valence-electron chi connectivity index (χ3n) is 3.48. The van der Waals surface area contributed by atoms with E-state index < -0.39 is 20.6 Å². The van der Waals surface area contributed by atoms with Gasteiger partial charge < -0.3 is 5.73 Å². The van der Waals surface area contributed by atoms with Crippen molar-refractivity contribution in [3.63, 3.8) is 0 Å². The molecule has 1 saturated carbocycles. The van der Waals surface area contributed by atoms with E-state index in [0.717, 1.165) is 19.3 Å². The summed E-state index contributed by atoms with van der Waals surface area (Å²) in [4.78, 5) is 9.90. The van der Waals surface area contributed by atoms with Crippen LogP contribution in [0.15, 0.2) is 29.2 Å². The Kier molecular flexibility index (Phi) is 4.36. The van der Waals surface area contributed by atoms with Crippen LogP contribution in [0.1, 0.15) is 25.7 Å². The van der Waals surface area contributed by atoms with Crippen LogP contribution in [0.5, 0.6) is 0 Å². The molecule has 2 rings (SSSR count). The van der Waals surface area contributed by atoms with Crippen LogP contribution < -0.4 is 10.5 Å². The van der Waals surface area contributed by atoms with Gasteiger partial charge in [-0.05, 0) is 18.9 Å². The van der Waals surface area contributed by atoms with E-state index in [0.29, 0.717) is 6.42 Å². The molecule has 0 aliphatic heterocycles. The van der Waals surface area contributed by atoms with Crippen molar-refractivity contribution in [2.24, 2.45) is 5.73 Å². The number of hydrogen-bond donors (Lipinski definition) is 2. The zero-order chi connectivity index (χ0) is 14.8. The minimum atomic E-state index is -3.94. The molecule has 2 atom stereocenters. The molecule has 7 nitrogen and oxygen atoms in total. The second kappa shape index (κ2) is 5.86. The summed E-state index contributed by atoms with van der Waals surface area (Å²) < 4.78 is 27.1. The topological polar surface area (TPSA) is 115 Å². The Bertz CT molecular complexity index is 602. The number of sulfonamides is 1. The Morgan fingerprint density at radius 1 is 1.25 bits per heavy atom. The summed E-state index contributed by atoms with van der Waals surface area (Å²) in [5.74, 6) is 0. The predicted molar refractivity (Wildman–Crippen MR) is 73.6 cm³/mol. The molecule has 1 aromatic carbocycles. The maximum Gasteiger partial charge on any atom is 0.289 e. The zero-order valence-electron chi connectivity index (χ0n) is 10.9. The van der Waals surface area contributed by atoms with Crippen LogP contribution in [-0.2, 0) is 10.0 Å². The van der Waals surface area contributed by atoms with E-state index in [1.54, 1.807) is 0 Å². The molecule has 0 aromatic heterocycles. The van der Waals surface area contributed by atoms with Crippen LogP contribution >= 0.6 is 0 Å². The molecule has 3 N–H and O–H groups in total. The molecule has 20 heavy (non-hydrogen) atoms. The highest BCUT2D eigenvalue weighted by Crippen LogP contribution is 2.25. The molecule has 0 amide bonds. The van der Waals surface area contributed by atoms with Crippen molar-refractivity contribution >= 4 is 15.7 Å². The molecule has 0 bridgehead atoms. The fourth-order valence-corrected chi connectivity index (χ4v) is 3.90. The van der Waals surface area contributed by atoms with Crippen molar-refractivity contribution in [3.05, 3.63) is 34.4 Å². The van der Waals surface area contributed by atoms with E-state index in [1.165, 1.54) is 24.3 Å². The molecule has 1 fully saturated rings. The van der Waals surface area contributed by atoms with Crippen LogP contribution in [0.25, 0.3) is 0 Å². The van der Waals surface area contributed by atoms with Crippen LogP contribution in [0.2, 0.25) is 0 Å². The van der Waals surface area contributed by atoms with Gasteiger partial charge in [-0.1, -0.05) is 25.0 Å². The largest absolute Gasteiger partial charge is 0.326 e. The maximum atomic E-state index is 12.3. The highest BCUT2D eigenvalue weighted by Gasteiger charge is 2.31. The van der Waals surface area contributed by atoms with Gasteiger partial charge in [0.15, 0.2) is 4.90 Å². The number of hydrogen-bond acceptors (Lipinski definition) is 5. The second-order valence-corrected chi connectivity index (χ2v) is 6.58. The van der Waals surface area contributed by atoms with Gasteiger partial charge in [0.1, 0.15) is 0 Å². The lowest BCUT2D eigenvalue weighted by Gasteiger charge is -2.28. The number of nitrogens with two attached hydrogens (primary N) is 1. The Morgan fingerprint density at radius 3 is 2.55 bits per heavy atom. The molecule has 1 aliphatic rings. The highest BCUT2D eigenvalue weighted by atomic mass is 32.2. The summed E-state index contributed by atoms with van der Waals surface area (Å²) >= 11 is 0. The van der Waals surface area contributed by atoms with Crippen molar-refractivity contribution in [1.82, 2.24) is 4.72 Å². The summed E-state index contributed by atoms with van der Waals surface area (Å²) in [5, 5.41) is 10.9. The van der Waals surface area contributed by atoms with Gasteiger partial charge >= 0.3 is 0 Å². The number of nitrogens with one attached hydrogen (secondary N) is 1. The fraction of sp³-hybridized carbons (Fsp3) is 0.500. The van der Waals surface area contributed by atoms with E-state index >= 15 is 0 Å². The maximum absolute atomic E-state index is 12.3. The number of rotatable bonds is 4. The lowest BCUT2D eigenvalue weighted by molar-refractivity contribution is -0.387. The highest BCUT2D eigenvalue weighted by molar-refractivity contribution is 7.89. The van der Waals surface area contributed by atoms with Gasteiger partial charge in [-0.2, -0.15) is 0 Å². The average molecular weight is 299 g/mol. The second-order valence-electron chi connectivity index (χ2n) is 4.90. The van der Waals surface area contributed by atoms with Crippen LogP contribution in [0.3, 0.4) is 0 Å². The van der Waals surface area contributed by atoms with Crippen molar-refractivity contribution in [1.29, 1.82) is 0 Å². The minimum absolute atomic E-state index is 0.249. The normalized spacial score (nSPS) is 23.4. The zero-order valence-corrected chi connectivity index (χ0v) is 11.7. The Hall–Kier alpha value is -1.51. The predicted octanol–water partition coefficient (Wildman–Crippen LogP) is 1.14. The van der Waals surface area contributed by atoms with E-state index in [1.807, 2.05) is 0 Å². The first-order valence-corrected chi connectivity index (χ1v) is 7.91. The Balaban J connectivity index is 2.29. The van der Waals surface area contributed by atoms with Crippen LogP contribution in [0, 0.1) is 10.1 Å². The molecule has 0 spiro atoms. The fourth-order valence-electron chi connectivity index (χ4n) is 2.40. The molecule has 110 valence electrons. The molecule has 0 radical (unpaired) electrons. The first-order valence-electron chi connectivity index (χ1n) is 6.43. The summed E-state index contributed by atoms with van der Waals surface area (Å²) in [5.41, 5.74) is 5.47. The average Bonchev–Trinajstić information content (AvgIpc) is 2.41. The van der Waals surface area contributed by atoms with Gasteiger partial charge in [-0.15, -0.1) is 0 Å².